The second-order valence-electron chi connectivity index (χ2n) is 10.4. The van der Waals surface area contributed by atoms with Gasteiger partial charge in [0.05, 0.1) is 24.5 Å². The second kappa shape index (κ2) is 12.5. The number of amides is 2. The molecule has 208 valence electrons. The number of ether oxygens (including phenoxy) is 1. The zero-order valence-corrected chi connectivity index (χ0v) is 22.9. The van der Waals surface area contributed by atoms with Crippen LogP contribution in [0.4, 0.5) is 23.0 Å². The fourth-order valence-corrected chi connectivity index (χ4v) is 5.32. The lowest BCUT2D eigenvalue weighted by Gasteiger charge is -2.31. The highest BCUT2D eigenvalue weighted by molar-refractivity contribution is 6.13. The number of aliphatic imine (C=N–C) groups is 1. The van der Waals surface area contributed by atoms with Gasteiger partial charge in [0.15, 0.2) is 0 Å². The normalized spacial score (nSPS) is 21.7. The lowest BCUT2D eigenvalue weighted by Crippen LogP contribution is -2.37. The zero-order valence-electron chi connectivity index (χ0n) is 22.9. The van der Waals surface area contributed by atoms with E-state index in [4.69, 9.17) is 9.73 Å². The summed E-state index contributed by atoms with van der Waals surface area (Å²) in [5, 5.41) is 6.20. The Labute approximate surface area is 229 Å². The van der Waals surface area contributed by atoms with Crippen LogP contribution in [-0.4, -0.2) is 97.8 Å². The van der Waals surface area contributed by atoms with E-state index in [-0.39, 0.29) is 11.8 Å². The summed E-state index contributed by atoms with van der Waals surface area (Å²) in [6.07, 6.45) is 6.28. The molecule has 3 aliphatic rings. The average molecular weight is 535 g/mol. The molecule has 3 aliphatic heterocycles. The van der Waals surface area contributed by atoms with E-state index in [0.717, 1.165) is 51.1 Å². The van der Waals surface area contributed by atoms with Gasteiger partial charge in [0.25, 0.3) is 0 Å². The number of carbonyl (C=O) groups is 2. The van der Waals surface area contributed by atoms with E-state index in [0.29, 0.717) is 49.9 Å². The maximum atomic E-state index is 12.9. The number of hydrogen-bond donors (Lipinski definition) is 2. The molecule has 0 spiro atoms. The van der Waals surface area contributed by atoms with Crippen LogP contribution in [0.25, 0.3) is 0 Å². The first-order valence-electron chi connectivity index (χ1n) is 13.8. The maximum Gasteiger partial charge on any atom is 0.238 e. The summed E-state index contributed by atoms with van der Waals surface area (Å²) in [6.45, 7) is 6.07. The van der Waals surface area contributed by atoms with Gasteiger partial charge in [0, 0.05) is 58.1 Å². The number of nitrogens with zero attached hydrogens (tertiary/aromatic N) is 6. The lowest BCUT2D eigenvalue weighted by molar-refractivity contribution is -0.130. The number of aromatic nitrogens is 2. The molecule has 0 aliphatic carbocycles. The molecular formula is C28H38N8O3. The van der Waals surface area contributed by atoms with Crippen LogP contribution in [0.1, 0.15) is 42.7 Å². The van der Waals surface area contributed by atoms with Gasteiger partial charge in [-0.15, -0.1) is 0 Å². The molecular weight excluding hydrogens is 496 g/mol. The number of rotatable bonds is 1. The minimum Gasteiger partial charge on any atom is -0.378 e. The molecule has 1 aromatic heterocycles. The van der Waals surface area contributed by atoms with Gasteiger partial charge in [-0.1, -0.05) is 0 Å². The van der Waals surface area contributed by atoms with Crippen molar-refractivity contribution in [2.24, 2.45) is 4.99 Å². The summed E-state index contributed by atoms with van der Waals surface area (Å²) in [6, 6.07) is 6.25. The molecule has 39 heavy (non-hydrogen) atoms. The molecule has 1 unspecified atom stereocenters. The smallest absolute Gasteiger partial charge is 0.238 e. The first-order valence-corrected chi connectivity index (χ1v) is 13.8. The van der Waals surface area contributed by atoms with Gasteiger partial charge in [-0.05, 0) is 56.6 Å². The Kier molecular flexibility index (Phi) is 8.67. The molecule has 1 saturated heterocycles. The third-order valence-corrected chi connectivity index (χ3v) is 7.52. The first-order chi connectivity index (χ1) is 19.0. The van der Waals surface area contributed by atoms with Crippen LogP contribution < -0.4 is 15.5 Å². The number of fused-ring (bicyclic) bond motifs is 2. The van der Waals surface area contributed by atoms with Crippen LogP contribution in [0.3, 0.4) is 0 Å². The Morgan fingerprint density at radius 3 is 2.64 bits per heavy atom. The third kappa shape index (κ3) is 6.54. The van der Waals surface area contributed by atoms with E-state index < -0.39 is 5.92 Å². The van der Waals surface area contributed by atoms with Gasteiger partial charge in [-0.2, -0.15) is 0 Å². The highest BCUT2D eigenvalue weighted by Gasteiger charge is 2.33. The minimum atomic E-state index is -0.594. The van der Waals surface area contributed by atoms with Crippen molar-refractivity contribution in [1.29, 1.82) is 0 Å². The van der Waals surface area contributed by atoms with E-state index >= 15 is 0 Å². The zero-order chi connectivity index (χ0) is 27.2. The second-order valence-corrected chi connectivity index (χ2v) is 10.4. The summed E-state index contributed by atoms with van der Waals surface area (Å²) < 4.78 is 5.57. The van der Waals surface area contributed by atoms with Gasteiger partial charge in [-0.3, -0.25) is 14.6 Å². The summed E-state index contributed by atoms with van der Waals surface area (Å²) in [4.78, 5) is 45.4. The van der Waals surface area contributed by atoms with E-state index in [1.54, 1.807) is 11.1 Å². The van der Waals surface area contributed by atoms with E-state index in [1.165, 1.54) is 17.6 Å². The molecule has 2 bridgehead atoms. The van der Waals surface area contributed by atoms with Gasteiger partial charge in [0.1, 0.15) is 23.9 Å². The highest BCUT2D eigenvalue weighted by Crippen LogP contribution is 2.35. The quantitative estimate of drug-likeness (QED) is 0.574. The van der Waals surface area contributed by atoms with Crippen LogP contribution in [0.15, 0.2) is 29.5 Å². The Morgan fingerprint density at radius 2 is 1.79 bits per heavy atom. The lowest BCUT2D eigenvalue weighted by atomic mass is 10.0. The van der Waals surface area contributed by atoms with Crippen molar-refractivity contribution in [2.75, 3.05) is 75.6 Å². The SMILES string of the molecule is CN1CCCCC(=O)N(C)CCCNc2ncnc3c2C(C=Nc2ccc(N4CCOCC4)c(c2)C1)C(=O)N3. The highest BCUT2D eigenvalue weighted by atomic mass is 16.5. The van der Waals surface area contributed by atoms with Crippen LogP contribution >= 0.6 is 0 Å². The van der Waals surface area contributed by atoms with Crippen molar-refractivity contribution in [3.63, 3.8) is 0 Å². The molecule has 0 saturated carbocycles. The molecule has 2 aromatic rings. The molecule has 2 N–H and O–H groups in total. The van der Waals surface area contributed by atoms with Crippen molar-refractivity contribution in [3.05, 3.63) is 35.7 Å². The summed E-state index contributed by atoms with van der Waals surface area (Å²) in [7, 11) is 3.98. The molecule has 0 radical (unpaired) electrons. The fraction of sp³-hybridized carbons (Fsp3) is 0.536. The average Bonchev–Trinajstić information content (AvgIpc) is 3.27. The molecule has 4 heterocycles. The minimum absolute atomic E-state index is 0.170. The van der Waals surface area contributed by atoms with Crippen LogP contribution in [0, 0.1) is 0 Å². The van der Waals surface area contributed by atoms with Gasteiger partial charge < -0.3 is 30.1 Å². The molecule has 5 rings (SSSR count). The van der Waals surface area contributed by atoms with Crippen LogP contribution in [0.2, 0.25) is 0 Å². The Hall–Kier alpha value is -3.57. The molecule has 11 heteroatoms. The van der Waals surface area contributed by atoms with E-state index in [9.17, 15) is 9.59 Å². The Bertz CT molecular complexity index is 1210. The predicted molar refractivity (Wildman–Crippen MR) is 152 cm³/mol. The van der Waals surface area contributed by atoms with Crippen molar-refractivity contribution in [2.45, 2.75) is 38.1 Å². The number of benzene rings is 1. The number of carbonyl (C=O) groups excluding carboxylic acids is 2. The first kappa shape index (κ1) is 27.0. The number of anilines is 3. The third-order valence-electron chi connectivity index (χ3n) is 7.52. The van der Waals surface area contributed by atoms with Gasteiger partial charge in [-0.25, -0.2) is 9.97 Å². The van der Waals surface area contributed by atoms with Crippen molar-refractivity contribution in [1.82, 2.24) is 19.8 Å². The van der Waals surface area contributed by atoms with Crippen molar-refractivity contribution >= 4 is 41.0 Å². The number of nitrogens with one attached hydrogen (secondary N) is 2. The Morgan fingerprint density at radius 1 is 0.974 bits per heavy atom. The standard InChI is InChI=1S/C28H38N8O3/c1-34-10-4-3-6-24(37)35(2)11-5-9-29-26-25-22(28(38)33-27(25)32-19-31-26)17-30-21-7-8-23(20(16-21)18-34)36-12-14-39-15-13-36/h7-8,16-17,19,22H,3-6,9-15,18H2,1-2H3,(H2,29,31,32,33,38). The number of morpholine rings is 1. The molecule has 1 aromatic carbocycles. The van der Waals surface area contributed by atoms with Gasteiger partial charge in [0.2, 0.25) is 11.8 Å². The van der Waals surface area contributed by atoms with Crippen LogP contribution in [-0.2, 0) is 20.9 Å². The summed E-state index contributed by atoms with van der Waals surface area (Å²) in [5.74, 6) is 0.526. The molecule has 1 atom stereocenters. The van der Waals surface area contributed by atoms with Crippen molar-refractivity contribution in [3.8, 4) is 0 Å². The molecule has 11 nitrogen and oxygen atoms in total. The predicted octanol–water partition coefficient (Wildman–Crippen LogP) is 2.63. The van der Waals surface area contributed by atoms with E-state index in [2.05, 4.69) is 49.6 Å². The fourth-order valence-electron chi connectivity index (χ4n) is 5.32. The topological polar surface area (TPSA) is 115 Å². The monoisotopic (exact) mass is 534 g/mol. The van der Waals surface area contributed by atoms with Gasteiger partial charge >= 0.3 is 0 Å². The van der Waals surface area contributed by atoms with E-state index in [1.807, 2.05) is 13.1 Å². The number of hydrogen-bond acceptors (Lipinski definition) is 9. The molecule has 2 amide bonds. The van der Waals surface area contributed by atoms with Crippen LogP contribution in [0.5, 0.6) is 0 Å². The largest absolute Gasteiger partial charge is 0.378 e. The summed E-state index contributed by atoms with van der Waals surface area (Å²) >= 11 is 0. The Balaban J connectivity index is 1.45. The maximum absolute atomic E-state index is 12.9. The van der Waals surface area contributed by atoms with Crippen molar-refractivity contribution < 1.29 is 14.3 Å². The summed E-state index contributed by atoms with van der Waals surface area (Å²) in [5.41, 5.74) is 3.87. The molecule has 1 fully saturated rings.